The predicted molar refractivity (Wildman–Crippen MR) is 108 cm³/mol. The number of fused-ring (bicyclic) bond motifs is 2. The Labute approximate surface area is 166 Å². The van der Waals surface area contributed by atoms with Crippen molar-refractivity contribution in [3.05, 3.63) is 35.9 Å². The van der Waals surface area contributed by atoms with Gasteiger partial charge in [0.05, 0.1) is 7.11 Å². The second-order valence-electron chi connectivity index (χ2n) is 8.30. The van der Waals surface area contributed by atoms with E-state index in [0.717, 1.165) is 29.9 Å². The molecule has 6 heteroatoms. The highest BCUT2D eigenvalue weighted by Crippen LogP contribution is 2.63. The first-order chi connectivity index (χ1) is 13.3. The van der Waals surface area contributed by atoms with Crippen LogP contribution < -0.4 is 10.2 Å². The van der Waals surface area contributed by atoms with Crippen LogP contribution in [-0.2, 0) is 14.3 Å². The Kier molecular flexibility index (Phi) is 5.59. The number of esters is 1. The fourth-order valence-corrected chi connectivity index (χ4v) is 4.32. The minimum absolute atomic E-state index is 0.0305. The van der Waals surface area contributed by atoms with Crippen molar-refractivity contribution in [1.82, 2.24) is 5.43 Å². The van der Waals surface area contributed by atoms with Gasteiger partial charge in [0.15, 0.2) is 6.61 Å². The Hall–Kier alpha value is -2.63. The van der Waals surface area contributed by atoms with Gasteiger partial charge in [-0.2, -0.15) is 5.10 Å². The van der Waals surface area contributed by atoms with Crippen molar-refractivity contribution >= 4 is 23.7 Å². The Bertz CT molecular complexity index is 810. The lowest BCUT2D eigenvalue weighted by atomic mass is 9.70. The number of carbonyl (C=O) groups is 2. The summed E-state index contributed by atoms with van der Waals surface area (Å²) in [4.78, 5) is 23.8. The molecule has 2 fully saturated rings. The number of methoxy groups -OCH3 is 1. The number of benzene rings is 1. The highest BCUT2D eigenvalue weighted by molar-refractivity contribution is 5.95. The molecular formula is C22H28N2O4. The molecule has 0 aliphatic heterocycles. The maximum atomic E-state index is 12.0. The summed E-state index contributed by atoms with van der Waals surface area (Å²) in [6.07, 6.45) is 6.16. The Morgan fingerprint density at radius 2 is 1.96 bits per heavy atom. The quantitative estimate of drug-likeness (QED) is 0.462. The van der Waals surface area contributed by atoms with Gasteiger partial charge in [0, 0.05) is 17.2 Å². The molecule has 1 aromatic carbocycles. The molecule has 0 aromatic heterocycles. The van der Waals surface area contributed by atoms with Gasteiger partial charge in [-0.05, 0) is 54.4 Å². The third-order valence-electron chi connectivity index (χ3n) is 6.70. The second kappa shape index (κ2) is 7.78. The zero-order valence-electron chi connectivity index (χ0n) is 17.0. The van der Waals surface area contributed by atoms with Crippen molar-refractivity contribution in [2.45, 2.75) is 40.0 Å². The molecule has 0 unspecified atom stereocenters. The van der Waals surface area contributed by atoms with E-state index in [4.69, 9.17) is 9.47 Å². The number of hydrogen-bond donors (Lipinski definition) is 1. The summed E-state index contributed by atoms with van der Waals surface area (Å²) >= 11 is 0. The van der Waals surface area contributed by atoms with Crippen LogP contribution in [0.4, 0.5) is 0 Å². The van der Waals surface area contributed by atoms with E-state index >= 15 is 0 Å². The van der Waals surface area contributed by atoms with E-state index in [1.807, 2.05) is 12.1 Å². The molecule has 2 aliphatic rings. The smallest absolute Gasteiger partial charge is 0.331 e. The predicted octanol–water partition coefficient (Wildman–Crippen LogP) is 3.57. The fourth-order valence-electron chi connectivity index (χ4n) is 4.32. The van der Waals surface area contributed by atoms with Gasteiger partial charge in [-0.3, -0.25) is 4.79 Å². The highest BCUT2D eigenvalue weighted by Gasteiger charge is 2.59. The Morgan fingerprint density at radius 1 is 1.25 bits per heavy atom. The summed E-state index contributed by atoms with van der Waals surface area (Å²) in [5.74, 6) is 0.356. The van der Waals surface area contributed by atoms with Crippen LogP contribution >= 0.6 is 0 Å². The molecule has 0 saturated heterocycles. The van der Waals surface area contributed by atoms with Gasteiger partial charge in [-0.15, -0.1) is 0 Å². The summed E-state index contributed by atoms with van der Waals surface area (Å²) < 4.78 is 10.1. The van der Waals surface area contributed by atoms with Crippen molar-refractivity contribution in [1.29, 1.82) is 0 Å². The molecule has 1 aromatic rings. The van der Waals surface area contributed by atoms with Crippen molar-refractivity contribution < 1.29 is 19.1 Å². The molecule has 3 rings (SSSR count). The third kappa shape index (κ3) is 3.81. The van der Waals surface area contributed by atoms with Crippen LogP contribution in [0.15, 0.2) is 35.4 Å². The number of rotatable bonds is 6. The van der Waals surface area contributed by atoms with Crippen LogP contribution in [0.2, 0.25) is 0 Å². The summed E-state index contributed by atoms with van der Waals surface area (Å²) in [7, 11) is 1.59. The molecule has 6 nitrogen and oxygen atoms in total. The van der Waals surface area contributed by atoms with E-state index < -0.39 is 11.9 Å². The normalized spacial score (nSPS) is 26.6. The van der Waals surface area contributed by atoms with Gasteiger partial charge in [-0.25, -0.2) is 10.2 Å². The average Bonchev–Trinajstić information content (AvgIpc) is 3.02. The molecule has 1 N–H and O–H groups in total. The highest BCUT2D eigenvalue weighted by atomic mass is 16.5. The molecule has 1 amide bonds. The molecule has 0 heterocycles. The summed E-state index contributed by atoms with van der Waals surface area (Å²) in [6.45, 7) is 6.44. The van der Waals surface area contributed by atoms with E-state index in [1.54, 1.807) is 25.3 Å². The number of hydrazone groups is 1. The number of nitrogens with one attached hydrogen (secondary N) is 1. The third-order valence-corrected chi connectivity index (χ3v) is 6.70. The van der Waals surface area contributed by atoms with Crippen LogP contribution in [0.1, 0.15) is 45.6 Å². The van der Waals surface area contributed by atoms with E-state index in [0.29, 0.717) is 5.92 Å². The summed E-state index contributed by atoms with van der Waals surface area (Å²) in [5.41, 5.74) is 4.67. The van der Waals surface area contributed by atoms with Crippen LogP contribution in [0.3, 0.4) is 0 Å². The molecule has 28 heavy (non-hydrogen) atoms. The first kappa shape index (κ1) is 20.1. The maximum absolute atomic E-state index is 12.0. The zero-order chi connectivity index (χ0) is 20.4. The van der Waals surface area contributed by atoms with Crippen molar-refractivity contribution in [2.75, 3.05) is 13.7 Å². The Balaban J connectivity index is 1.47. The monoisotopic (exact) mass is 384 g/mol. The van der Waals surface area contributed by atoms with Gasteiger partial charge < -0.3 is 9.47 Å². The van der Waals surface area contributed by atoms with Gasteiger partial charge in [0.1, 0.15) is 5.75 Å². The van der Waals surface area contributed by atoms with Crippen molar-refractivity contribution in [2.24, 2.45) is 21.8 Å². The van der Waals surface area contributed by atoms with Gasteiger partial charge in [-0.1, -0.05) is 32.9 Å². The first-order valence-electron chi connectivity index (χ1n) is 9.61. The fraction of sp³-hybridized carbons (Fsp3) is 0.500. The van der Waals surface area contributed by atoms with Crippen LogP contribution in [0.5, 0.6) is 5.75 Å². The van der Waals surface area contributed by atoms with E-state index in [2.05, 4.69) is 31.3 Å². The lowest BCUT2D eigenvalue weighted by Gasteiger charge is -2.34. The lowest BCUT2D eigenvalue weighted by molar-refractivity contribution is -0.143. The maximum Gasteiger partial charge on any atom is 0.331 e. The van der Waals surface area contributed by atoms with Crippen molar-refractivity contribution in [3.63, 3.8) is 0 Å². The Morgan fingerprint density at radius 3 is 2.54 bits per heavy atom. The number of hydrogen-bond acceptors (Lipinski definition) is 5. The van der Waals surface area contributed by atoms with Crippen LogP contribution in [-0.4, -0.2) is 31.3 Å². The van der Waals surface area contributed by atoms with Crippen molar-refractivity contribution in [3.8, 4) is 5.75 Å². The number of amides is 1. The molecule has 0 spiro atoms. The summed E-state index contributed by atoms with van der Waals surface area (Å²) in [6, 6.07) is 7.25. The number of ether oxygens (including phenoxy) is 2. The molecule has 2 atom stereocenters. The SMILES string of the molecule is COc1ccc(/C=C/C(=O)OCC(=O)N/N=C2/C[C@H]3CC[C@]2(C)C3(C)C)cc1. The van der Waals surface area contributed by atoms with E-state index in [1.165, 1.54) is 12.5 Å². The molecule has 0 radical (unpaired) electrons. The first-order valence-corrected chi connectivity index (χ1v) is 9.61. The van der Waals surface area contributed by atoms with Crippen LogP contribution in [0, 0.1) is 16.7 Å². The standard InChI is InChI=1S/C22H28N2O4/c1-21(2)16-11-12-22(21,3)18(13-16)23-24-19(25)14-28-20(26)10-7-15-5-8-17(27-4)9-6-15/h5-10,16H,11-14H2,1-4H3,(H,24,25)/b10-7+,23-18-/t16-,22+/m1/s1. The molecular weight excluding hydrogens is 356 g/mol. The number of nitrogens with zero attached hydrogens (tertiary/aromatic N) is 1. The molecule has 2 saturated carbocycles. The minimum atomic E-state index is -0.577. The van der Waals surface area contributed by atoms with E-state index in [-0.39, 0.29) is 17.4 Å². The number of carbonyl (C=O) groups excluding carboxylic acids is 2. The lowest BCUT2D eigenvalue weighted by Crippen LogP contribution is -2.34. The summed E-state index contributed by atoms with van der Waals surface area (Å²) in [5, 5.41) is 4.36. The average molecular weight is 384 g/mol. The van der Waals surface area contributed by atoms with Gasteiger partial charge in [0.2, 0.25) is 0 Å². The topological polar surface area (TPSA) is 77.0 Å². The largest absolute Gasteiger partial charge is 0.497 e. The van der Waals surface area contributed by atoms with Gasteiger partial charge >= 0.3 is 5.97 Å². The molecule has 2 aliphatic carbocycles. The molecule has 150 valence electrons. The van der Waals surface area contributed by atoms with Crippen LogP contribution in [0.25, 0.3) is 6.08 Å². The van der Waals surface area contributed by atoms with Gasteiger partial charge in [0.25, 0.3) is 5.91 Å². The second-order valence-corrected chi connectivity index (χ2v) is 8.30. The minimum Gasteiger partial charge on any atom is -0.497 e. The molecule has 2 bridgehead atoms. The zero-order valence-corrected chi connectivity index (χ0v) is 17.0. The van der Waals surface area contributed by atoms with E-state index in [9.17, 15) is 9.59 Å².